The molecule has 0 spiro atoms. The molecule has 4 nitrogen and oxygen atoms in total. The standard InChI is InChI=1S/C27H17N2.C7H6NO.Pt/c1-2-10-21(11-3-1)29-25-14-7-17-28-27(25)24-16-15-20(18-26(24)29)23-13-6-9-19-8-4-5-12-22(19)23;1-6(9)7-4-2-3-5-8-7;/h1-15,17-18H;2-5H,1H2;/q2*-1;+2. The number of ketones is 1. The normalized spacial score (nSPS) is 10.6. The Morgan fingerprint density at radius 3 is 2.26 bits per heavy atom. The summed E-state index contributed by atoms with van der Waals surface area (Å²) in [6, 6.07) is 42.6. The molecule has 3 heterocycles. The molecular weight excluding hydrogens is 661 g/mol. The van der Waals surface area contributed by atoms with Crippen LogP contribution in [0.4, 0.5) is 0 Å². The quantitative estimate of drug-likeness (QED) is 0.141. The zero-order valence-electron chi connectivity index (χ0n) is 20.9. The van der Waals surface area contributed by atoms with E-state index in [0.29, 0.717) is 5.69 Å². The van der Waals surface area contributed by atoms with E-state index in [1.54, 1.807) is 24.4 Å². The Labute approximate surface area is 241 Å². The third-order valence-electron chi connectivity index (χ3n) is 6.49. The second-order valence-corrected chi connectivity index (χ2v) is 8.86. The van der Waals surface area contributed by atoms with Crippen molar-refractivity contribution >= 4 is 38.5 Å². The molecule has 0 N–H and O–H groups in total. The molecule has 39 heavy (non-hydrogen) atoms. The van der Waals surface area contributed by atoms with Crippen LogP contribution in [0.5, 0.6) is 0 Å². The molecule has 0 unspecified atom stereocenters. The Hall–Kier alpha value is -4.53. The van der Waals surface area contributed by atoms with Crippen molar-refractivity contribution in [3.63, 3.8) is 0 Å². The maximum absolute atomic E-state index is 10.5. The van der Waals surface area contributed by atoms with Gasteiger partial charge in [0.25, 0.3) is 0 Å². The number of hydrogen-bond donors (Lipinski definition) is 0. The van der Waals surface area contributed by atoms with Gasteiger partial charge in [-0.2, -0.15) is 6.92 Å². The van der Waals surface area contributed by atoms with E-state index in [4.69, 9.17) is 0 Å². The first-order chi connectivity index (χ1) is 18.7. The fraction of sp³-hybridized carbons (Fsp3) is 0. The van der Waals surface area contributed by atoms with Crippen molar-refractivity contribution in [2.75, 3.05) is 0 Å². The van der Waals surface area contributed by atoms with Gasteiger partial charge in [0.05, 0.1) is 0 Å². The molecular formula is C34H23N3OPt. The van der Waals surface area contributed by atoms with E-state index < -0.39 is 0 Å². The van der Waals surface area contributed by atoms with Crippen LogP contribution in [0.2, 0.25) is 0 Å². The Morgan fingerprint density at radius 1 is 0.744 bits per heavy atom. The number of rotatable bonds is 3. The minimum Gasteiger partial charge on any atom is -0.358 e. The van der Waals surface area contributed by atoms with Gasteiger partial charge in [-0.1, -0.05) is 83.2 Å². The molecule has 0 saturated heterocycles. The van der Waals surface area contributed by atoms with Gasteiger partial charge < -0.3 is 19.3 Å². The van der Waals surface area contributed by atoms with Crippen LogP contribution in [0.1, 0.15) is 10.5 Å². The molecule has 0 aliphatic rings. The van der Waals surface area contributed by atoms with E-state index >= 15 is 0 Å². The molecule has 0 saturated carbocycles. The Balaban J connectivity index is 0.000000265. The van der Waals surface area contributed by atoms with Crippen LogP contribution in [0.25, 0.3) is 49.5 Å². The van der Waals surface area contributed by atoms with E-state index in [9.17, 15) is 4.79 Å². The number of carbonyl (C=O) groups excluding carboxylic acids is 1. The number of hydrogen-bond acceptors (Lipinski definition) is 3. The van der Waals surface area contributed by atoms with Crippen molar-refractivity contribution in [1.82, 2.24) is 14.5 Å². The summed E-state index contributed by atoms with van der Waals surface area (Å²) in [7, 11) is 0. The van der Waals surface area contributed by atoms with E-state index in [-0.39, 0.29) is 26.8 Å². The van der Waals surface area contributed by atoms with Crippen LogP contribution in [0.3, 0.4) is 0 Å². The molecule has 4 aromatic carbocycles. The summed E-state index contributed by atoms with van der Waals surface area (Å²) in [4.78, 5) is 18.9. The first-order valence-electron chi connectivity index (χ1n) is 12.3. The van der Waals surface area contributed by atoms with E-state index in [2.05, 4.69) is 112 Å². The summed E-state index contributed by atoms with van der Waals surface area (Å²) in [5, 5.41) is 3.55. The Bertz CT molecular complexity index is 1890. The largest absolute Gasteiger partial charge is 2.00 e. The summed E-state index contributed by atoms with van der Waals surface area (Å²) >= 11 is 0. The monoisotopic (exact) mass is 684 g/mol. The molecule has 0 fully saturated rings. The topological polar surface area (TPSA) is 47.8 Å². The van der Waals surface area contributed by atoms with Gasteiger partial charge in [0.2, 0.25) is 0 Å². The fourth-order valence-electron chi connectivity index (χ4n) is 4.77. The van der Waals surface area contributed by atoms with Crippen LogP contribution in [-0.2, 0) is 21.1 Å². The van der Waals surface area contributed by atoms with Crippen molar-refractivity contribution < 1.29 is 25.9 Å². The average molecular weight is 685 g/mol. The van der Waals surface area contributed by atoms with Crippen molar-refractivity contribution in [2.45, 2.75) is 0 Å². The van der Waals surface area contributed by atoms with Crippen LogP contribution in [-0.4, -0.2) is 20.3 Å². The molecule has 3 aromatic heterocycles. The molecule has 5 heteroatoms. The van der Waals surface area contributed by atoms with Gasteiger partial charge in [0.15, 0.2) is 0 Å². The predicted molar refractivity (Wildman–Crippen MR) is 154 cm³/mol. The molecule has 7 aromatic rings. The molecule has 0 atom stereocenters. The third kappa shape index (κ3) is 5.12. The second kappa shape index (κ2) is 11.5. The molecule has 0 amide bonds. The number of nitrogens with zero attached hydrogens (tertiary/aromatic N) is 3. The summed E-state index contributed by atoms with van der Waals surface area (Å²) in [5.41, 5.74) is 7.13. The molecule has 0 aliphatic heterocycles. The number of para-hydroxylation sites is 1. The Kier molecular flexibility index (Phi) is 7.67. The van der Waals surface area contributed by atoms with Crippen LogP contribution >= 0.6 is 0 Å². The number of benzene rings is 4. The van der Waals surface area contributed by atoms with E-state index in [1.807, 2.05) is 18.3 Å². The molecule has 0 bridgehead atoms. The van der Waals surface area contributed by atoms with Gasteiger partial charge in [0.1, 0.15) is 0 Å². The van der Waals surface area contributed by atoms with Gasteiger partial charge >= 0.3 is 21.1 Å². The van der Waals surface area contributed by atoms with E-state index in [0.717, 1.165) is 33.2 Å². The zero-order valence-corrected chi connectivity index (χ0v) is 23.2. The number of aromatic nitrogens is 3. The van der Waals surface area contributed by atoms with E-state index in [1.165, 1.54) is 16.3 Å². The number of Topliss-reactive ketones (excluding diaryl/α,β-unsaturated/α-hetero) is 1. The summed E-state index contributed by atoms with van der Waals surface area (Å²) in [5.74, 6) is -0.240. The minimum atomic E-state index is -0.240. The maximum atomic E-state index is 10.5. The molecule has 0 aliphatic carbocycles. The third-order valence-corrected chi connectivity index (χ3v) is 6.49. The van der Waals surface area contributed by atoms with Gasteiger partial charge in [0, 0.05) is 34.9 Å². The first kappa shape index (κ1) is 26.1. The van der Waals surface area contributed by atoms with Crippen molar-refractivity contribution in [1.29, 1.82) is 0 Å². The SMILES string of the molecule is [CH2-]C(=O)c1ccccn1.[Pt+2].[c-]1cc(-c2cccc3ccccc23)cc2c1c1ncccc1n2-c1ccccc1. The summed E-state index contributed by atoms with van der Waals surface area (Å²) in [6.45, 7) is 3.21. The van der Waals surface area contributed by atoms with Crippen LogP contribution in [0, 0.1) is 13.0 Å². The van der Waals surface area contributed by atoms with Crippen molar-refractivity contribution in [2.24, 2.45) is 0 Å². The van der Waals surface area contributed by atoms with Gasteiger partial charge in [-0.15, -0.1) is 24.3 Å². The van der Waals surface area contributed by atoms with Crippen LogP contribution in [0.15, 0.2) is 128 Å². The fourth-order valence-corrected chi connectivity index (χ4v) is 4.77. The first-order valence-corrected chi connectivity index (χ1v) is 12.3. The molecule has 7 rings (SSSR count). The van der Waals surface area contributed by atoms with Gasteiger partial charge in [-0.25, -0.2) is 0 Å². The smallest absolute Gasteiger partial charge is 0.358 e. The summed E-state index contributed by atoms with van der Waals surface area (Å²) < 4.78 is 2.28. The van der Waals surface area contributed by atoms with Gasteiger partial charge in [-0.3, -0.25) is 0 Å². The number of fused-ring (bicyclic) bond motifs is 4. The molecule has 190 valence electrons. The predicted octanol–water partition coefficient (Wildman–Crippen LogP) is 7.89. The van der Waals surface area contributed by atoms with Crippen LogP contribution < -0.4 is 0 Å². The second-order valence-electron chi connectivity index (χ2n) is 8.86. The number of pyridine rings is 2. The number of carbonyl (C=O) groups is 1. The molecule has 0 radical (unpaired) electrons. The van der Waals surface area contributed by atoms with Crippen molar-refractivity contribution in [3.05, 3.63) is 146 Å². The van der Waals surface area contributed by atoms with Gasteiger partial charge in [-0.05, 0) is 52.3 Å². The minimum absolute atomic E-state index is 0. The zero-order chi connectivity index (χ0) is 25.9. The summed E-state index contributed by atoms with van der Waals surface area (Å²) in [6.07, 6.45) is 3.42. The maximum Gasteiger partial charge on any atom is 2.00 e. The Morgan fingerprint density at radius 2 is 1.49 bits per heavy atom. The average Bonchev–Trinajstić information content (AvgIpc) is 3.32. The van der Waals surface area contributed by atoms with Crippen molar-refractivity contribution in [3.8, 4) is 16.8 Å².